The first-order chi connectivity index (χ1) is 25.2. The second-order valence-electron chi connectivity index (χ2n) is 13.1. The van der Waals surface area contributed by atoms with E-state index in [1.807, 2.05) is 36.1 Å². The number of rotatable bonds is 14. The van der Waals surface area contributed by atoms with Crippen molar-refractivity contribution >= 4 is 28.5 Å². The lowest BCUT2D eigenvalue weighted by molar-refractivity contribution is 0.0544. The largest absolute Gasteiger partial charge is 0.412 e. The summed E-state index contributed by atoms with van der Waals surface area (Å²) in [5.74, 6) is 0.439. The van der Waals surface area contributed by atoms with E-state index in [4.69, 9.17) is 9.62 Å². The number of nitrogens with one attached hydrogen (secondary N) is 1. The predicted molar refractivity (Wildman–Crippen MR) is 203 cm³/mol. The molecule has 6 rings (SSSR count). The van der Waals surface area contributed by atoms with E-state index in [-0.39, 0.29) is 23.9 Å². The molecule has 53 heavy (non-hydrogen) atoms. The fourth-order valence-corrected chi connectivity index (χ4v) is 7.25. The van der Waals surface area contributed by atoms with Crippen molar-refractivity contribution in [2.75, 3.05) is 24.4 Å². The summed E-state index contributed by atoms with van der Waals surface area (Å²) in [5.41, 5.74) is 5.05. The van der Waals surface area contributed by atoms with Gasteiger partial charge in [-0.3, -0.25) is 9.59 Å². The number of carbonyl (C=O) groups is 2. The van der Waals surface area contributed by atoms with E-state index in [0.717, 1.165) is 42.4 Å². The third-order valence-corrected chi connectivity index (χ3v) is 10.4. The molecule has 3 aromatic carbocycles. The molecule has 5 aromatic rings. The van der Waals surface area contributed by atoms with Crippen LogP contribution < -0.4 is 4.72 Å². The Morgan fingerprint density at radius 2 is 1.68 bits per heavy atom. The fourth-order valence-electron chi connectivity index (χ4n) is 6.41. The van der Waals surface area contributed by atoms with Crippen LogP contribution in [-0.2, 0) is 24.0 Å². The van der Waals surface area contributed by atoms with Crippen LogP contribution in [0.5, 0.6) is 0 Å². The predicted octanol–water partition coefficient (Wildman–Crippen LogP) is 5.45. The van der Waals surface area contributed by atoms with Gasteiger partial charge >= 0.3 is 0 Å². The van der Waals surface area contributed by atoms with E-state index in [1.165, 1.54) is 0 Å². The van der Waals surface area contributed by atoms with Crippen LogP contribution in [0.2, 0.25) is 0 Å². The van der Waals surface area contributed by atoms with Crippen molar-refractivity contribution in [3.05, 3.63) is 107 Å². The minimum Gasteiger partial charge on any atom is -0.412 e. The summed E-state index contributed by atoms with van der Waals surface area (Å²) >= 11 is 0. The van der Waals surface area contributed by atoms with E-state index in [1.54, 1.807) is 65.0 Å². The maximum Gasteiger partial charge on any atom is 0.274 e. The molecule has 4 N–H and O–H groups in total. The number of aliphatic hydroxyl groups is 1. The van der Waals surface area contributed by atoms with Crippen LogP contribution in [0.25, 0.3) is 17.1 Å². The van der Waals surface area contributed by atoms with Crippen molar-refractivity contribution in [1.82, 2.24) is 29.7 Å². The molecule has 2 atom stereocenters. The van der Waals surface area contributed by atoms with E-state index in [0.29, 0.717) is 71.0 Å². The van der Waals surface area contributed by atoms with Gasteiger partial charge in [-0.05, 0) is 85.8 Å². The number of aryl methyl sites for hydroxylation is 2. The Hall–Kier alpha value is -5.18. The molecule has 0 saturated carbocycles. The van der Waals surface area contributed by atoms with Gasteiger partial charge in [-0.25, -0.2) is 8.89 Å². The molecule has 13 nitrogen and oxygen atoms in total. The highest BCUT2D eigenvalue weighted by Gasteiger charge is 2.32. The number of carbonyl (C=O) groups excluding carboxylic acids is 2. The molecule has 3 heterocycles. The summed E-state index contributed by atoms with van der Waals surface area (Å²) in [6.45, 7) is 9.19. The molecule has 1 aliphatic heterocycles. The second kappa shape index (κ2) is 17.6. The average molecular weight is 742 g/mol. The van der Waals surface area contributed by atoms with Gasteiger partial charge in [0.25, 0.3) is 11.8 Å². The number of hydrogen-bond donors (Lipinski definition) is 2. The van der Waals surface area contributed by atoms with Gasteiger partial charge in [-0.15, -0.1) is 0 Å². The first-order valence-electron chi connectivity index (χ1n) is 17.8. The van der Waals surface area contributed by atoms with E-state index >= 15 is 0 Å². The third-order valence-electron chi connectivity index (χ3n) is 9.30. The number of anilines is 1. The SMILES string of the molecule is CCCCN(CCCC)C(=O)c1cc(C)n(-c2ccc(NS(=O)c3ccc(-c4noc(C)n4)cc3)cc2C(=O)N2Cc3ccccc3C[C@H]2CO)n1.O. The topological polar surface area (TPSA) is 178 Å². The summed E-state index contributed by atoms with van der Waals surface area (Å²) in [5, 5.41) is 19.1. The zero-order chi connectivity index (χ0) is 36.8. The minimum absolute atomic E-state index is 0. The maximum absolute atomic E-state index is 14.6. The molecule has 0 saturated heterocycles. The van der Waals surface area contributed by atoms with Crippen molar-refractivity contribution in [2.24, 2.45) is 0 Å². The highest BCUT2D eigenvalue weighted by Crippen LogP contribution is 2.30. The van der Waals surface area contributed by atoms with Crippen molar-refractivity contribution in [3.8, 4) is 17.1 Å². The molecule has 14 heteroatoms. The Labute approximate surface area is 311 Å². The summed E-state index contributed by atoms with van der Waals surface area (Å²) in [6.07, 6.45) is 4.26. The van der Waals surface area contributed by atoms with Crippen molar-refractivity contribution in [1.29, 1.82) is 0 Å². The molecular formula is C39H47N7O6S. The van der Waals surface area contributed by atoms with E-state index in [2.05, 4.69) is 28.7 Å². The minimum atomic E-state index is -1.68. The van der Waals surface area contributed by atoms with Crippen LogP contribution in [0.1, 0.15) is 83.1 Å². The summed E-state index contributed by atoms with van der Waals surface area (Å²) in [7, 11) is -1.68. The zero-order valence-corrected chi connectivity index (χ0v) is 31.4. The van der Waals surface area contributed by atoms with Crippen LogP contribution >= 0.6 is 0 Å². The number of unbranched alkanes of at least 4 members (excludes halogenated alkanes) is 2. The summed E-state index contributed by atoms with van der Waals surface area (Å²) in [4.78, 5) is 36.6. The number of nitrogens with zero attached hydrogens (tertiary/aromatic N) is 6. The highest BCUT2D eigenvalue weighted by atomic mass is 32.2. The van der Waals surface area contributed by atoms with Gasteiger partial charge in [0.1, 0.15) is 11.0 Å². The van der Waals surface area contributed by atoms with E-state index in [9.17, 15) is 18.9 Å². The molecule has 0 aliphatic carbocycles. The molecule has 1 unspecified atom stereocenters. The van der Waals surface area contributed by atoms with Gasteiger partial charge in [0.05, 0.1) is 28.8 Å². The Morgan fingerprint density at radius 1 is 0.981 bits per heavy atom. The second-order valence-corrected chi connectivity index (χ2v) is 14.3. The van der Waals surface area contributed by atoms with Crippen LogP contribution in [-0.4, -0.2) is 82.1 Å². The fraction of sp³-hybridized carbons (Fsp3) is 0.359. The maximum atomic E-state index is 14.6. The molecule has 1 aliphatic rings. The monoisotopic (exact) mass is 741 g/mol. The Balaban J connectivity index is 0.00000541. The van der Waals surface area contributed by atoms with Gasteiger partial charge < -0.3 is 29.6 Å². The molecular weight excluding hydrogens is 695 g/mol. The number of aliphatic hydroxyl groups excluding tert-OH is 1. The quantitative estimate of drug-likeness (QED) is 0.151. The molecule has 0 spiro atoms. The van der Waals surface area contributed by atoms with Crippen LogP contribution in [0.3, 0.4) is 0 Å². The van der Waals surface area contributed by atoms with Gasteiger partial charge in [0.15, 0.2) is 5.69 Å². The number of fused-ring (bicyclic) bond motifs is 1. The standard InChI is InChI=1S/C39H45N7O5S.H2O/c1-5-7-19-44(20-8-6-2)39(49)35-21-26(3)46(41-35)36-18-15-31(43-52(50)33-16-13-28(14-17-33)37-40-27(4)51-42-37)23-34(36)38(48)45-24-30-12-10-9-11-29(30)22-32(45)25-47;/h9-18,21,23,32,43,47H,5-8,19-20,22,24-25H2,1-4H3;1H2/t32-,52?;/m0./s1. The summed E-state index contributed by atoms with van der Waals surface area (Å²) < 4.78 is 23.3. The normalized spacial score (nSPS) is 14.3. The lowest BCUT2D eigenvalue weighted by atomic mass is 9.93. The Bertz CT molecular complexity index is 2050. The third kappa shape index (κ3) is 8.73. The van der Waals surface area contributed by atoms with Gasteiger partial charge in [0.2, 0.25) is 11.7 Å². The molecule has 280 valence electrons. The molecule has 0 radical (unpaired) electrons. The Morgan fingerprint density at radius 3 is 2.32 bits per heavy atom. The first kappa shape index (κ1) is 39.0. The number of aromatic nitrogens is 4. The van der Waals surface area contributed by atoms with Crippen LogP contribution in [0.15, 0.2) is 82.2 Å². The lowest BCUT2D eigenvalue weighted by Gasteiger charge is -2.36. The van der Waals surface area contributed by atoms with Gasteiger partial charge in [-0.2, -0.15) is 10.1 Å². The van der Waals surface area contributed by atoms with E-state index < -0.39 is 17.0 Å². The molecule has 2 aromatic heterocycles. The van der Waals surface area contributed by atoms with Crippen molar-refractivity contribution < 1.29 is 28.9 Å². The van der Waals surface area contributed by atoms with Crippen molar-refractivity contribution in [2.45, 2.75) is 77.3 Å². The van der Waals surface area contributed by atoms with Gasteiger partial charge in [0, 0.05) is 43.5 Å². The average Bonchev–Trinajstić information content (AvgIpc) is 3.78. The van der Waals surface area contributed by atoms with Crippen molar-refractivity contribution in [3.63, 3.8) is 0 Å². The van der Waals surface area contributed by atoms with Gasteiger partial charge in [-0.1, -0.05) is 56.1 Å². The molecule has 2 amide bonds. The Kier molecular flexibility index (Phi) is 12.9. The smallest absolute Gasteiger partial charge is 0.274 e. The number of amides is 2. The van der Waals surface area contributed by atoms with Crippen LogP contribution in [0, 0.1) is 13.8 Å². The lowest BCUT2D eigenvalue weighted by Crippen LogP contribution is -2.46. The number of hydrogen-bond acceptors (Lipinski definition) is 8. The molecule has 0 bridgehead atoms. The molecule has 0 fully saturated rings. The highest BCUT2D eigenvalue weighted by molar-refractivity contribution is 7.86. The number of benzene rings is 3. The summed E-state index contributed by atoms with van der Waals surface area (Å²) in [6, 6.07) is 21.4. The first-order valence-corrected chi connectivity index (χ1v) is 18.9. The zero-order valence-electron chi connectivity index (χ0n) is 30.5. The van der Waals surface area contributed by atoms with Crippen LogP contribution in [0.4, 0.5) is 5.69 Å².